The van der Waals surface area contributed by atoms with Crippen molar-refractivity contribution in [3.8, 4) is 17.2 Å². The van der Waals surface area contributed by atoms with Gasteiger partial charge in [0.05, 0.1) is 31.5 Å². The van der Waals surface area contributed by atoms with E-state index >= 15 is 0 Å². The summed E-state index contributed by atoms with van der Waals surface area (Å²) in [7, 11) is 1.28. The van der Waals surface area contributed by atoms with Crippen molar-refractivity contribution in [2.24, 2.45) is 5.10 Å². The van der Waals surface area contributed by atoms with Crippen LogP contribution in [-0.4, -0.2) is 49.9 Å². The molecule has 226 valence electrons. The third kappa shape index (κ3) is 8.49. The van der Waals surface area contributed by atoms with Gasteiger partial charge in [0.1, 0.15) is 19.0 Å². The van der Waals surface area contributed by atoms with Gasteiger partial charge in [0.2, 0.25) is 0 Å². The van der Waals surface area contributed by atoms with Crippen molar-refractivity contribution < 1.29 is 33.6 Å². The summed E-state index contributed by atoms with van der Waals surface area (Å²) in [5.41, 5.74) is 7.02. The predicted octanol–water partition coefficient (Wildman–Crippen LogP) is 4.09. The van der Waals surface area contributed by atoms with E-state index in [4.69, 9.17) is 18.9 Å². The average molecular weight is 589 g/mol. The summed E-state index contributed by atoms with van der Waals surface area (Å²) in [6, 6.07) is 19.5. The predicted molar refractivity (Wildman–Crippen MR) is 161 cm³/mol. The van der Waals surface area contributed by atoms with Gasteiger partial charge in [-0.15, -0.1) is 0 Å². The van der Waals surface area contributed by atoms with Crippen LogP contribution in [0.1, 0.15) is 42.1 Å². The summed E-state index contributed by atoms with van der Waals surface area (Å²) >= 11 is 0. The minimum absolute atomic E-state index is 0.126. The van der Waals surface area contributed by atoms with E-state index in [0.717, 1.165) is 16.9 Å². The second-order valence-corrected chi connectivity index (χ2v) is 9.76. The quantitative estimate of drug-likeness (QED) is 0.101. The first kappa shape index (κ1) is 30.9. The summed E-state index contributed by atoms with van der Waals surface area (Å²) in [4.78, 5) is 24.5. The zero-order valence-electron chi connectivity index (χ0n) is 24.5. The molecule has 0 fully saturated rings. The van der Waals surface area contributed by atoms with Gasteiger partial charge >= 0.3 is 12.0 Å². The van der Waals surface area contributed by atoms with E-state index in [1.807, 2.05) is 56.3 Å². The fourth-order valence-corrected chi connectivity index (χ4v) is 4.44. The van der Waals surface area contributed by atoms with E-state index in [0.29, 0.717) is 36.0 Å². The number of aliphatic hydroxyl groups is 1. The second-order valence-electron chi connectivity index (χ2n) is 9.76. The third-order valence-electron chi connectivity index (χ3n) is 6.48. The van der Waals surface area contributed by atoms with Gasteiger partial charge < -0.3 is 34.7 Å². The van der Waals surface area contributed by atoms with E-state index in [1.165, 1.54) is 12.7 Å². The van der Waals surface area contributed by atoms with Crippen molar-refractivity contribution in [3.63, 3.8) is 0 Å². The summed E-state index contributed by atoms with van der Waals surface area (Å²) in [6.07, 6.45) is 0.470. The lowest BCUT2D eigenvalue weighted by Crippen LogP contribution is -2.45. The van der Waals surface area contributed by atoms with E-state index in [2.05, 4.69) is 27.2 Å². The topological polar surface area (TPSA) is 140 Å². The number of benzene rings is 3. The van der Waals surface area contributed by atoms with Gasteiger partial charge in [0.25, 0.3) is 0 Å². The average Bonchev–Trinajstić information content (AvgIpc) is 2.99. The molecule has 4 N–H and O–H groups in total. The van der Waals surface area contributed by atoms with Crippen molar-refractivity contribution in [2.75, 3.05) is 20.3 Å². The molecule has 3 aromatic carbocycles. The number of ether oxygens (including phenoxy) is 4. The smallest absolute Gasteiger partial charge is 0.337 e. The van der Waals surface area contributed by atoms with Gasteiger partial charge in [0.15, 0.2) is 17.7 Å². The Labute approximate surface area is 250 Å². The Balaban J connectivity index is 1.32. The number of aryl methyl sites for hydroxylation is 1. The Morgan fingerprint density at radius 1 is 1.05 bits per heavy atom. The number of urea groups is 1. The lowest BCUT2D eigenvalue weighted by molar-refractivity contribution is -0.136. The van der Waals surface area contributed by atoms with E-state index in [1.54, 1.807) is 31.3 Å². The lowest BCUT2D eigenvalue weighted by atomic mass is 9.95. The summed E-state index contributed by atoms with van der Waals surface area (Å²) in [6.45, 7) is 6.20. The maximum absolute atomic E-state index is 12.4. The normalized spacial score (nSPS) is 15.4. The molecule has 0 aromatic heterocycles. The summed E-state index contributed by atoms with van der Waals surface area (Å²) < 4.78 is 22.3. The lowest BCUT2D eigenvalue weighted by Gasteiger charge is -2.28. The SMILES string of the molecule is CCOc1cc([C@@H]2NC(=O)NC(C)=C2C(=O)OC)ccc1OC[C@@H](O)N/N=C\c1ccc(OCc2cccc(C)c2)cc1. The number of amides is 2. The van der Waals surface area contributed by atoms with Crippen LogP contribution in [0.4, 0.5) is 4.79 Å². The molecule has 2 amide bonds. The fraction of sp³-hybridized carbons (Fsp3) is 0.281. The number of allylic oxidation sites excluding steroid dienone is 1. The van der Waals surface area contributed by atoms with Crippen molar-refractivity contribution in [1.82, 2.24) is 16.1 Å². The Morgan fingerprint density at radius 2 is 1.84 bits per heavy atom. The fourth-order valence-electron chi connectivity index (χ4n) is 4.44. The molecule has 0 saturated carbocycles. The van der Waals surface area contributed by atoms with Crippen LogP contribution in [0.15, 0.2) is 83.1 Å². The van der Waals surface area contributed by atoms with Crippen LogP contribution in [0.25, 0.3) is 0 Å². The van der Waals surface area contributed by atoms with E-state index in [-0.39, 0.29) is 12.2 Å². The van der Waals surface area contributed by atoms with Crippen LogP contribution < -0.4 is 30.3 Å². The number of nitrogens with one attached hydrogen (secondary N) is 3. The first-order chi connectivity index (χ1) is 20.8. The second kappa shape index (κ2) is 14.7. The molecule has 0 spiro atoms. The number of rotatable bonds is 13. The number of carbonyl (C=O) groups excluding carboxylic acids is 2. The van der Waals surface area contributed by atoms with Gasteiger partial charge in [0, 0.05) is 5.70 Å². The monoisotopic (exact) mass is 588 g/mol. The van der Waals surface area contributed by atoms with Gasteiger partial charge in [-0.25, -0.2) is 9.59 Å². The molecule has 0 saturated heterocycles. The van der Waals surface area contributed by atoms with Crippen molar-refractivity contribution in [2.45, 2.75) is 39.6 Å². The highest BCUT2D eigenvalue weighted by Crippen LogP contribution is 2.35. The highest BCUT2D eigenvalue weighted by atomic mass is 16.5. The van der Waals surface area contributed by atoms with Crippen LogP contribution in [0.2, 0.25) is 0 Å². The van der Waals surface area contributed by atoms with Gasteiger partial charge in [-0.3, -0.25) is 5.43 Å². The Hall–Kier alpha value is -5.03. The molecule has 0 bridgehead atoms. The van der Waals surface area contributed by atoms with Gasteiger partial charge in [-0.2, -0.15) is 5.10 Å². The van der Waals surface area contributed by atoms with Crippen molar-refractivity contribution >= 4 is 18.2 Å². The number of hydrogen-bond donors (Lipinski definition) is 4. The molecule has 2 atom stereocenters. The minimum Gasteiger partial charge on any atom is -0.490 e. The molecular weight excluding hydrogens is 552 g/mol. The summed E-state index contributed by atoms with van der Waals surface area (Å²) in [5.74, 6) is 0.934. The maximum Gasteiger partial charge on any atom is 0.337 e. The molecule has 43 heavy (non-hydrogen) atoms. The molecule has 4 rings (SSSR count). The number of aliphatic hydroxyl groups excluding tert-OH is 1. The van der Waals surface area contributed by atoms with Crippen LogP contribution in [0, 0.1) is 6.92 Å². The number of hydrazone groups is 1. The molecule has 11 nitrogen and oxygen atoms in total. The molecule has 0 unspecified atom stereocenters. The standard InChI is InChI=1S/C32H36N4O7/c1-5-41-27-16-24(30-29(31(38)40-4)21(3)34-32(39)35-30)11-14-26(27)43-19-28(37)36-33-17-22-9-12-25(13-10-22)42-18-23-8-6-7-20(2)15-23/h6-17,28,30,36-37H,5,18-19H2,1-4H3,(H2,34,35,39)/b33-17-/t28-,30+/m1/s1. The van der Waals surface area contributed by atoms with Gasteiger partial charge in [-0.1, -0.05) is 35.9 Å². The minimum atomic E-state index is -1.11. The number of hydrogen-bond acceptors (Lipinski definition) is 9. The molecule has 1 heterocycles. The zero-order chi connectivity index (χ0) is 30.8. The molecule has 0 radical (unpaired) electrons. The van der Waals surface area contributed by atoms with Crippen LogP contribution in [0.3, 0.4) is 0 Å². The van der Waals surface area contributed by atoms with Gasteiger partial charge in [-0.05, 0) is 73.9 Å². The summed E-state index contributed by atoms with van der Waals surface area (Å²) in [5, 5.41) is 19.8. The molecule has 1 aliphatic heterocycles. The number of esters is 1. The van der Waals surface area contributed by atoms with E-state index < -0.39 is 24.3 Å². The molecule has 1 aliphatic rings. The van der Waals surface area contributed by atoms with Crippen LogP contribution >= 0.6 is 0 Å². The highest BCUT2D eigenvalue weighted by molar-refractivity contribution is 5.95. The van der Waals surface area contributed by atoms with Crippen LogP contribution in [-0.2, 0) is 16.1 Å². The zero-order valence-corrected chi connectivity index (χ0v) is 24.5. The van der Waals surface area contributed by atoms with Crippen LogP contribution in [0.5, 0.6) is 17.2 Å². The highest BCUT2D eigenvalue weighted by Gasteiger charge is 2.32. The molecule has 0 aliphatic carbocycles. The Bertz CT molecular complexity index is 1490. The number of methoxy groups -OCH3 is 1. The molecule has 11 heteroatoms. The largest absolute Gasteiger partial charge is 0.490 e. The molecular formula is C32H36N4O7. The molecule has 3 aromatic rings. The Kier molecular flexibility index (Phi) is 10.6. The van der Waals surface area contributed by atoms with Crippen molar-refractivity contribution in [3.05, 3.63) is 100 Å². The maximum atomic E-state index is 12.4. The Morgan fingerprint density at radius 3 is 2.56 bits per heavy atom. The van der Waals surface area contributed by atoms with Crippen molar-refractivity contribution in [1.29, 1.82) is 0 Å². The first-order valence-corrected chi connectivity index (χ1v) is 13.8. The number of carbonyl (C=O) groups is 2. The first-order valence-electron chi connectivity index (χ1n) is 13.8. The third-order valence-corrected chi connectivity index (χ3v) is 6.48. The van der Waals surface area contributed by atoms with E-state index in [9.17, 15) is 14.7 Å². The number of nitrogens with zero attached hydrogens (tertiary/aromatic N) is 1.